The van der Waals surface area contributed by atoms with E-state index in [2.05, 4.69) is 62.5 Å². The van der Waals surface area contributed by atoms with Crippen LogP contribution in [0.5, 0.6) is 0 Å². The molecule has 0 bridgehead atoms. The van der Waals surface area contributed by atoms with Gasteiger partial charge in [-0.25, -0.2) is 0 Å². The van der Waals surface area contributed by atoms with Crippen LogP contribution in [-0.2, 0) is 33.4 Å². The zero-order valence-corrected chi connectivity index (χ0v) is 48.7. The van der Waals surface area contributed by atoms with Crippen molar-refractivity contribution >= 4 is 23.8 Å². The summed E-state index contributed by atoms with van der Waals surface area (Å²) in [6.07, 6.45) is 60.7. The smallest absolute Gasteiger partial charge is 0.305 e. The van der Waals surface area contributed by atoms with Crippen LogP contribution in [0.1, 0.15) is 304 Å². The van der Waals surface area contributed by atoms with Crippen LogP contribution < -0.4 is 5.32 Å². The van der Waals surface area contributed by atoms with Crippen molar-refractivity contribution in [2.45, 2.75) is 309 Å². The van der Waals surface area contributed by atoms with E-state index in [0.29, 0.717) is 25.8 Å². The highest BCUT2D eigenvalue weighted by Gasteiger charge is 2.37. The predicted molar refractivity (Wildman–Crippen MR) is 310 cm³/mol. The van der Waals surface area contributed by atoms with E-state index in [1.165, 1.54) is 135 Å². The first kappa shape index (κ1) is 70.1. The van der Waals surface area contributed by atoms with Crippen molar-refractivity contribution in [3.8, 4) is 0 Å². The molecule has 1 N–H and O–H groups in total. The Hall–Kier alpha value is -2.94. The van der Waals surface area contributed by atoms with Crippen LogP contribution in [-0.4, -0.2) is 74.2 Å². The number of esters is 3. The van der Waals surface area contributed by atoms with E-state index in [0.717, 1.165) is 103 Å². The van der Waals surface area contributed by atoms with Crippen molar-refractivity contribution in [1.29, 1.82) is 0 Å². The van der Waals surface area contributed by atoms with Gasteiger partial charge in [-0.05, 0) is 110 Å². The Kier molecular flexibility index (Phi) is 53.1. The third kappa shape index (κ3) is 51.0. The number of nitrogens with one attached hydrogen (secondary N) is 1. The van der Waals surface area contributed by atoms with Gasteiger partial charge >= 0.3 is 17.9 Å². The summed E-state index contributed by atoms with van der Waals surface area (Å²) in [7, 11) is 1.95. The molecule has 9 nitrogen and oxygen atoms in total. The summed E-state index contributed by atoms with van der Waals surface area (Å²) in [5.74, 6) is -1.40. The first-order valence-electron chi connectivity index (χ1n) is 31.1. The van der Waals surface area contributed by atoms with E-state index in [1.54, 1.807) is 0 Å². The van der Waals surface area contributed by atoms with Gasteiger partial charge < -0.3 is 24.4 Å². The molecule has 0 heterocycles. The van der Waals surface area contributed by atoms with Gasteiger partial charge in [0.25, 0.3) is 0 Å². The largest absolute Gasteiger partial charge is 0.463 e. The van der Waals surface area contributed by atoms with Crippen LogP contribution in [0, 0.1) is 0 Å². The number of amides is 1. The first-order valence-corrected chi connectivity index (χ1v) is 31.1. The quantitative estimate of drug-likeness (QED) is 0.0278. The minimum absolute atomic E-state index is 0.195. The first-order chi connectivity index (χ1) is 35.7. The number of allylic oxidation sites excluding steroid dienone is 6. The number of rotatable bonds is 56. The molecule has 0 aromatic carbocycles. The number of unbranched alkanes of at least 4 members (excludes halogenated alkanes) is 33. The lowest BCUT2D eigenvalue weighted by Gasteiger charge is -2.33. The Labute approximate surface area is 451 Å². The molecule has 0 atom stereocenters. The molecule has 0 radical (unpaired) electrons. The maximum Gasteiger partial charge on any atom is 0.305 e. The Morgan fingerprint density at radius 2 is 0.603 bits per heavy atom. The van der Waals surface area contributed by atoms with Gasteiger partial charge in [0.05, 0.1) is 0 Å². The van der Waals surface area contributed by atoms with Crippen molar-refractivity contribution in [1.82, 2.24) is 10.2 Å². The van der Waals surface area contributed by atoms with Gasteiger partial charge in [-0.2, -0.15) is 0 Å². The standard InChI is InChI=1S/C64H118N2O7/c1-6-10-13-16-19-22-25-28-31-34-37-40-43-46-49-52-61(68)71-57-64(65-60(67)55-56-66(5)9-4,58-72-62(69)53-50-47-44-41-38-35-32-29-26-23-20-17-14-11-7-2)59-73-63(70)54-51-48-45-42-39-36-33-30-27-24-21-18-15-12-8-3/h28-33H,6-27,34-59H2,1-5H3,(H,65,67)/b31-28-,32-29-,33-30-. The van der Waals surface area contributed by atoms with Gasteiger partial charge in [-0.15, -0.1) is 0 Å². The number of hydrogen-bond donors (Lipinski definition) is 1. The minimum Gasteiger partial charge on any atom is -0.463 e. The topological polar surface area (TPSA) is 111 Å². The molecule has 0 rings (SSSR count). The fraction of sp³-hybridized carbons (Fsp3) is 0.844. The summed E-state index contributed by atoms with van der Waals surface area (Å²) < 4.78 is 17.6. The molecule has 73 heavy (non-hydrogen) atoms. The Bertz CT molecular complexity index is 1210. The maximum absolute atomic E-state index is 13.5. The number of ether oxygens (including phenoxy) is 3. The number of carbonyl (C=O) groups excluding carboxylic acids is 4. The Morgan fingerprint density at radius 1 is 0.356 bits per heavy atom. The van der Waals surface area contributed by atoms with Crippen molar-refractivity contribution in [2.24, 2.45) is 0 Å². The zero-order chi connectivity index (χ0) is 53.4. The number of nitrogens with zero attached hydrogens (tertiary/aromatic N) is 1. The number of carbonyl (C=O) groups is 4. The summed E-state index contributed by atoms with van der Waals surface area (Å²) in [5.41, 5.74) is -1.41. The highest BCUT2D eigenvalue weighted by molar-refractivity contribution is 5.77. The molecule has 0 fully saturated rings. The predicted octanol–water partition coefficient (Wildman–Crippen LogP) is 17.9. The van der Waals surface area contributed by atoms with E-state index >= 15 is 0 Å². The molecule has 0 aliphatic rings. The molecule has 0 saturated carbocycles. The SMILES string of the molecule is CCCCCCCC/C=C\CCCCCCCC(=O)OCC(COC(=O)CCCCCCC/C=C\CCCCCCCC)(COC(=O)CCCCCCC/C=C\CCCCCCCC)NC(=O)CCN(C)CC. The fourth-order valence-electron chi connectivity index (χ4n) is 8.93. The highest BCUT2D eigenvalue weighted by Crippen LogP contribution is 2.17. The molecule has 0 unspecified atom stereocenters. The van der Waals surface area contributed by atoms with Crippen LogP contribution in [0.2, 0.25) is 0 Å². The fourth-order valence-corrected chi connectivity index (χ4v) is 8.93. The normalized spacial score (nSPS) is 12.0. The van der Waals surface area contributed by atoms with Crippen molar-refractivity contribution in [3.05, 3.63) is 36.5 Å². The monoisotopic (exact) mass is 1030 g/mol. The molecular formula is C64H118N2O7. The third-order valence-electron chi connectivity index (χ3n) is 14.1. The van der Waals surface area contributed by atoms with Gasteiger partial charge in [-0.1, -0.05) is 218 Å². The third-order valence-corrected chi connectivity index (χ3v) is 14.1. The summed E-state index contributed by atoms with van der Waals surface area (Å²) >= 11 is 0. The van der Waals surface area contributed by atoms with E-state index < -0.39 is 5.54 Å². The Balaban J connectivity index is 5.25. The second-order valence-electron chi connectivity index (χ2n) is 21.5. The molecule has 426 valence electrons. The lowest BCUT2D eigenvalue weighted by Crippen LogP contribution is -2.59. The van der Waals surface area contributed by atoms with Gasteiger partial charge in [0.15, 0.2) is 0 Å². The van der Waals surface area contributed by atoms with Gasteiger partial charge in [-0.3, -0.25) is 19.2 Å². The summed E-state index contributed by atoms with van der Waals surface area (Å²) in [6, 6.07) is 0. The van der Waals surface area contributed by atoms with Crippen LogP contribution in [0.15, 0.2) is 36.5 Å². The molecular weight excluding hydrogens is 909 g/mol. The highest BCUT2D eigenvalue weighted by atomic mass is 16.6. The maximum atomic E-state index is 13.5. The van der Waals surface area contributed by atoms with Crippen molar-refractivity contribution in [3.63, 3.8) is 0 Å². The van der Waals surface area contributed by atoms with Crippen molar-refractivity contribution in [2.75, 3.05) is 40.0 Å². The molecule has 0 aromatic rings. The lowest BCUT2D eigenvalue weighted by molar-refractivity contribution is -0.159. The molecule has 0 spiro atoms. The number of hydrogen-bond acceptors (Lipinski definition) is 8. The molecule has 0 aromatic heterocycles. The summed E-state index contributed by atoms with van der Waals surface area (Å²) in [5, 5.41) is 3.03. The average Bonchev–Trinajstić information content (AvgIpc) is 3.39. The van der Waals surface area contributed by atoms with E-state index in [1.807, 2.05) is 18.9 Å². The van der Waals surface area contributed by atoms with Crippen LogP contribution in [0.4, 0.5) is 0 Å². The molecule has 1 amide bonds. The molecule has 0 saturated heterocycles. The van der Waals surface area contributed by atoms with Gasteiger partial charge in [0.1, 0.15) is 25.4 Å². The second-order valence-corrected chi connectivity index (χ2v) is 21.5. The van der Waals surface area contributed by atoms with Gasteiger partial charge in [0.2, 0.25) is 5.91 Å². The summed E-state index contributed by atoms with van der Waals surface area (Å²) in [6.45, 7) is 9.35. The molecule has 9 heteroatoms. The summed E-state index contributed by atoms with van der Waals surface area (Å²) in [4.78, 5) is 55.2. The lowest BCUT2D eigenvalue weighted by atomic mass is 10.0. The minimum atomic E-state index is -1.41. The molecule has 0 aliphatic heterocycles. The van der Waals surface area contributed by atoms with Crippen LogP contribution in [0.25, 0.3) is 0 Å². The van der Waals surface area contributed by atoms with Crippen LogP contribution >= 0.6 is 0 Å². The van der Waals surface area contributed by atoms with Crippen LogP contribution in [0.3, 0.4) is 0 Å². The molecule has 0 aliphatic carbocycles. The van der Waals surface area contributed by atoms with E-state index in [-0.39, 0.29) is 69.3 Å². The van der Waals surface area contributed by atoms with Crippen molar-refractivity contribution < 1.29 is 33.4 Å². The Morgan fingerprint density at radius 3 is 0.863 bits per heavy atom. The van der Waals surface area contributed by atoms with Gasteiger partial charge in [0, 0.05) is 32.2 Å². The average molecular weight is 1030 g/mol. The zero-order valence-electron chi connectivity index (χ0n) is 48.7. The van der Waals surface area contributed by atoms with E-state index in [4.69, 9.17) is 14.2 Å². The van der Waals surface area contributed by atoms with E-state index in [9.17, 15) is 19.2 Å². The second kappa shape index (κ2) is 55.3.